The Morgan fingerprint density at radius 1 is 1.14 bits per heavy atom. The molecule has 114 valence electrons. The summed E-state index contributed by atoms with van der Waals surface area (Å²) in [6, 6.07) is 6.71. The fourth-order valence-electron chi connectivity index (χ4n) is 1.55. The third kappa shape index (κ3) is 3.81. The van der Waals surface area contributed by atoms with E-state index in [0.29, 0.717) is 22.9 Å². The van der Waals surface area contributed by atoms with Crippen LogP contribution in [-0.4, -0.2) is 27.7 Å². The Hall–Kier alpha value is -3.39. The summed E-state index contributed by atoms with van der Waals surface area (Å²) < 4.78 is 15.6. The zero-order chi connectivity index (χ0) is 16.5. The number of methoxy groups -OCH3 is 3. The number of nitrogens with one attached hydrogen (secondary N) is 1. The van der Waals surface area contributed by atoms with E-state index in [9.17, 15) is 0 Å². The smallest absolute Gasteiger partial charge is 0.203 e. The van der Waals surface area contributed by atoms with Crippen molar-refractivity contribution in [2.24, 2.45) is 10.7 Å². The van der Waals surface area contributed by atoms with Crippen molar-refractivity contribution in [2.45, 2.75) is 0 Å². The average Bonchev–Trinajstić information content (AvgIpc) is 2.56. The highest BCUT2D eigenvalue weighted by Crippen LogP contribution is 2.39. The minimum atomic E-state index is -0.259. The Labute approximate surface area is 128 Å². The maximum absolute atomic E-state index is 8.82. The first-order chi connectivity index (χ1) is 10.6. The summed E-state index contributed by atoms with van der Waals surface area (Å²) in [5, 5.41) is 20.3. The van der Waals surface area contributed by atoms with Crippen LogP contribution in [0, 0.1) is 22.7 Å². The number of ether oxygens (including phenoxy) is 3. The van der Waals surface area contributed by atoms with E-state index >= 15 is 0 Å². The molecule has 0 atom stereocenters. The third-order valence-corrected chi connectivity index (χ3v) is 2.57. The molecule has 8 heteroatoms. The molecule has 0 fully saturated rings. The molecule has 0 saturated heterocycles. The molecular weight excluding hydrogens is 286 g/mol. The van der Waals surface area contributed by atoms with E-state index in [-0.39, 0.29) is 11.4 Å². The molecule has 0 amide bonds. The van der Waals surface area contributed by atoms with Gasteiger partial charge in [-0.2, -0.15) is 10.5 Å². The number of nitrogens with two attached hydrogens (primary N) is 1. The fourth-order valence-corrected chi connectivity index (χ4v) is 1.55. The van der Waals surface area contributed by atoms with Crippen molar-refractivity contribution >= 4 is 12.0 Å². The Bertz CT molecular complexity index is 658. The molecule has 0 aromatic heterocycles. The quantitative estimate of drug-likeness (QED) is 0.461. The molecule has 0 aliphatic rings. The van der Waals surface area contributed by atoms with Gasteiger partial charge in [-0.25, -0.2) is 4.99 Å². The van der Waals surface area contributed by atoms with E-state index in [1.165, 1.54) is 27.7 Å². The summed E-state index contributed by atoms with van der Waals surface area (Å²) in [5.74, 6) is 1.38. The van der Waals surface area contributed by atoms with E-state index < -0.39 is 0 Å². The molecule has 1 aromatic rings. The number of hydrogen-bond donors (Lipinski definition) is 2. The predicted octanol–water partition coefficient (Wildman–Crippen LogP) is 1.37. The molecule has 1 rings (SSSR count). The highest BCUT2D eigenvalue weighted by Gasteiger charge is 2.12. The molecular formula is C14H15N5O3. The van der Waals surface area contributed by atoms with Crippen LogP contribution in [0.2, 0.25) is 0 Å². The van der Waals surface area contributed by atoms with Gasteiger partial charge in [0, 0.05) is 17.8 Å². The van der Waals surface area contributed by atoms with Crippen molar-refractivity contribution in [3.8, 4) is 29.4 Å². The van der Waals surface area contributed by atoms with Gasteiger partial charge >= 0.3 is 0 Å². The van der Waals surface area contributed by atoms with Gasteiger partial charge in [0.2, 0.25) is 5.75 Å². The predicted molar refractivity (Wildman–Crippen MR) is 80.7 cm³/mol. The second-order valence-corrected chi connectivity index (χ2v) is 3.80. The average molecular weight is 301 g/mol. The normalized spacial score (nSPS) is 11.1. The number of hydrogen-bond acceptors (Lipinski definition) is 7. The van der Waals surface area contributed by atoms with Crippen molar-refractivity contribution in [1.29, 1.82) is 10.5 Å². The van der Waals surface area contributed by atoms with Crippen LogP contribution in [-0.2, 0) is 0 Å². The minimum absolute atomic E-state index is 0.178. The molecule has 0 saturated carbocycles. The second kappa shape index (κ2) is 8.02. The van der Waals surface area contributed by atoms with Crippen LogP contribution in [0.5, 0.6) is 17.2 Å². The van der Waals surface area contributed by atoms with Gasteiger partial charge in [0.05, 0.1) is 27.7 Å². The molecule has 0 aliphatic carbocycles. The Balaban J connectivity index is 3.06. The first kappa shape index (κ1) is 16.7. The first-order valence-corrected chi connectivity index (χ1v) is 6.00. The van der Waals surface area contributed by atoms with E-state index in [4.69, 9.17) is 30.5 Å². The lowest BCUT2D eigenvalue weighted by Gasteiger charge is -2.13. The van der Waals surface area contributed by atoms with Crippen LogP contribution < -0.4 is 25.3 Å². The van der Waals surface area contributed by atoms with E-state index in [1.54, 1.807) is 24.3 Å². The Kier molecular flexibility index (Phi) is 6.08. The van der Waals surface area contributed by atoms with Crippen molar-refractivity contribution in [2.75, 3.05) is 26.6 Å². The van der Waals surface area contributed by atoms with Gasteiger partial charge in [0.25, 0.3) is 0 Å². The summed E-state index contributed by atoms with van der Waals surface area (Å²) in [5.41, 5.74) is 5.49. The SMILES string of the molecule is COc1cc(NC=N/C(C#N)=C(\N)C#N)cc(OC)c1OC. The van der Waals surface area contributed by atoms with Gasteiger partial charge in [-0.05, 0) is 0 Å². The molecule has 1 aromatic carbocycles. The van der Waals surface area contributed by atoms with Crippen molar-refractivity contribution in [3.63, 3.8) is 0 Å². The summed E-state index contributed by atoms with van der Waals surface area (Å²) >= 11 is 0. The fraction of sp³-hybridized carbons (Fsp3) is 0.214. The molecule has 0 aliphatic heterocycles. The van der Waals surface area contributed by atoms with Gasteiger partial charge in [-0.3, -0.25) is 0 Å². The second-order valence-electron chi connectivity index (χ2n) is 3.80. The van der Waals surface area contributed by atoms with Crippen molar-refractivity contribution < 1.29 is 14.2 Å². The summed E-state index contributed by atoms with van der Waals surface area (Å²) in [7, 11) is 4.50. The van der Waals surface area contributed by atoms with E-state index in [2.05, 4.69) is 10.3 Å². The molecule has 0 heterocycles. The maximum Gasteiger partial charge on any atom is 0.203 e. The standard InChI is InChI=1S/C14H15N5O3/c1-20-12-4-9(5-13(21-2)14(12)22-3)18-8-19-11(7-16)10(17)6-15/h4-5,8H,17H2,1-3H3,(H,18,19)/b11-10-. The highest BCUT2D eigenvalue weighted by molar-refractivity contribution is 5.79. The minimum Gasteiger partial charge on any atom is -0.493 e. The van der Waals surface area contributed by atoms with E-state index in [1.807, 2.05) is 0 Å². The zero-order valence-electron chi connectivity index (χ0n) is 12.4. The van der Waals surface area contributed by atoms with Crippen molar-refractivity contribution in [3.05, 3.63) is 23.5 Å². The number of benzene rings is 1. The molecule has 0 spiro atoms. The monoisotopic (exact) mass is 301 g/mol. The summed E-state index contributed by atoms with van der Waals surface area (Å²) in [4.78, 5) is 3.78. The lowest BCUT2D eigenvalue weighted by atomic mass is 10.2. The summed E-state index contributed by atoms with van der Waals surface area (Å²) in [6.07, 6.45) is 1.24. The number of nitrogens with zero attached hydrogens (tertiary/aromatic N) is 3. The summed E-state index contributed by atoms with van der Waals surface area (Å²) in [6.45, 7) is 0. The zero-order valence-corrected chi connectivity index (χ0v) is 12.4. The van der Waals surface area contributed by atoms with Crippen LogP contribution in [0.1, 0.15) is 0 Å². The molecule has 0 bridgehead atoms. The first-order valence-electron chi connectivity index (χ1n) is 6.00. The topological polar surface area (TPSA) is 126 Å². The van der Waals surface area contributed by atoms with Gasteiger partial charge < -0.3 is 25.3 Å². The van der Waals surface area contributed by atoms with E-state index in [0.717, 1.165) is 0 Å². The van der Waals surface area contributed by atoms with Crippen LogP contribution in [0.25, 0.3) is 0 Å². The van der Waals surface area contributed by atoms with Crippen molar-refractivity contribution in [1.82, 2.24) is 0 Å². The lowest BCUT2D eigenvalue weighted by Crippen LogP contribution is -2.01. The Morgan fingerprint density at radius 2 is 1.73 bits per heavy atom. The van der Waals surface area contributed by atoms with Crippen LogP contribution in [0.15, 0.2) is 28.5 Å². The Morgan fingerprint density at radius 3 is 2.14 bits per heavy atom. The number of nitriles is 2. The molecule has 3 N–H and O–H groups in total. The number of rotatable bonds is 6. The number of aliphatic imine (C=N–C) groups is 1. The highest BCUT2D eigenvalue weighted by atomic mass is 16.5. The van der Waals surface area contributed by atoms with Crippen LogP contribution >= 0.6 is 0 Å². The van der Waals surface area contributed by atoms with Gasteiger partial charge in [-0.15, -0.1) is 0 Å². The maximum atomic E-state index is 8.82. The lowest BCUT2D eigenvalue weighted by molar-refractivity contribution is 0.324. The third-order valence-electron chi connectivity index (χ3n) is 2.57. The number of allylic oxidation sites excluding steroid dienone is 2. The molecule has 0 radical (unpaired) electrons. The molecule has 0 unspecified atom stereocenters. The molecule has 8 nitrogen and oxygen atoms in total. The van der Waals surface area contributed by atoms with Crippen LogP contribution in [0.4, 0.5) is 5.69 Å². The van der Waals surface area contributed by atoms with Crippen LogP contribution in [0.3, 0.4) is 0 Å². The van der Waals surface area contributed by atoms with Gasteiger partial charge in [0.15, 0.2) is 17.2 Å². The number of anilines is 1. The molecule has 22 heavy (non-hydrogen) atoms. The van der Waals surface area contributed by atoms with Gasteiger partial charge in [-0.1, -0.05) is 0 Å². The van der Waals surface area contributed by atoms with Gasteiger partial charge in [0.1, 0.15) is 17.8 Å². The largest absolute Gasteiger partial charge is 0.493 e.